The van der Waals surface area contributed by atoms with E-state index < -0.39 is 10.0 Å². The Bertz CT molecular complexity index is 1260. The van der Waals surface area contributed by atoms with E-state index in [0.717, 1.165) is 27.9 Å². The molecule has 0 saturated heterocycles. The molecule has 0 fully saturated rings. The number of hydrogen-bond donors (Lipinski definition) is 1. The molecule has 0 saturated carbocycles. The van der Waals surface area contributed by atoms with Gasteiger partial charge in [0.15, 0.2) is 5.65 Å². The average Bonchev–Trinajstić information content (AvgIpc) is 3.07. The lowest BCUT2D eigenvalue weighted by Crippen LogP contribution is -2.25. The minimum Gasteiger partial charge on any atom is -0.307 e. The molecule has 0 bridgehead atoms. The van der Waals surface area contributed by atoms with Crippen molar-refractivity contribution in [2.75, 3.05) is 0 Å². The van der Waals surface area contributed by atoms with Crippen molar-refractivity contribution in [2.24, 2.45) is 0 Å². The Morgan fingerprint density at radius 3 is 2.52 bits per heavy atom. The fourth-order valence-corrected chi connectivity index (χ4v) is 4.26. The fourth-order valence-electron chi connectivity index (χ4n) is 3.20. The Morgan fingerprint density at radius 2 is 1.76 bits per heavy atom. The normalized spacial score (nSPS) is 11.8. The van der Waals surface area contributed by atoms with Crippen molar-refractivity contribution in [3.05, 3.63) is 89.4 Å². The lowest BCUT2D eigenvalue weighted by molar-refractivity contribution is 0.576. The van der Waals surface area contributed by atoms with Crippen LogP contribution in [-0.4, -0.2) is 23.0 Å². The molecule has 4 rings (SSSR count). The van der Waals surface area contributed by atoms with E-state index in [0.29, 0.717) is 12.4 Å². The van der Waals surface area contributed by atoms with Crippen molar-refractivity contribution in [3.63, 3.8) is 0 Å². The lowest BCUT2D eigenvalue weighted by atomic mass is 10.1. The van der Waals surface area contributed by atoms with E-state index in [-0.39, 0.29) is 11.4 Å². The topological polar surface area (TPSA) is 76.9 Å². The highest BCUT2D eigenvalue weighted by Gasteiger charge is 2.18. The summed E-state index contributed by atoms with van der Waals surface area (Å²) < 4.78 is 30.2. The number of aryl methyl sites for hydroxylation is 2. The first kappa shape index (κ1) is 19.3. The number of pyridine rings is 1. The standard InChI is InChI=1S/C22H22N4O2S/c1-16-10-11-19(13-17(16)2)29(27,28)24-14-21-25-20-9-6-12-23-22(20)26(21)15-18-7-4-3-5-8-18/h3-13,24H,14-15H2,1-2H3. The van der Waals surface area contributed by atoms with E-state index in [1.54, 1.807) is 18.3 Å². The number of rotatable bonds is 6. The van der Waals surface area contributed by atoms with Crippen molar-refractivity contribution in [1.82, 2.24) is 19.3 Å². The first-order valence-corrected chi connectivity index (χ1v) is 10.8. The third-order valence-electron chi connectivity index (χ3n) is 4.98. The van der Waals surface area contributed by atoms with E-state index in [2.05, 4.69) is 14.7 Å². The van der Waals surface area contributed by atoms with Crippen LogP contribution < -0.4 is 4.72 Å². The van der Waals surface area contributed by atoms with Gasteiger partial charge in [0.1, 0.15) is 11.3 Å². The van der Waals surface area contributed by atoms with E-state index in [4.69, 9.17) is 0 Å². The van der Waals surface area contributed by atoms with Gasteiger partial charge in [0.2, 0.25) is 10.0 Å². The van der Waals surface area contributed by atoms with E-state index in [1.165, 1.54) is 0 Å². The van der Waals surface area contributed by atoms with Crippen LogP contribution in [0.1, 0.15) is 22.5 Å². The van der Waals surface area contributed by atoms with Crippen LogP contribution >= 0.6 is 0 Å². The van der Waals surface area contributed by atoms with Gasteiger partial charge in [-0.1, -0.05) is 36.4 Å². The van der Waals surface area contributed by atoms with Gasteiger partial charge in [0, 0.05) is 6.20 Å². The SMILES string of the molecule is Cc1ccc(S(=O)(=O)NCc2nc3cccnc3n2Cc2ccccc2)cc1C. The van der Waals surface area contributed by atoms with E-state index in [9.17, 15) is 8.42 Å². The summed E-state index contributed by atoms with van der Waals surface area (Å²) >= 11 is 0. The first-order valence-electron chi connectivity index (χ1n) is 9.35. The van der Waals surface area contributed by atoms with Gasteiger partial charge >= 0.3 is 0 Å². The largest absolute Gasteiger partial charge is 0.307 e. The van der Waals surface area contributed by atoms with Crippen LogP contribution in [0.5, 0.6) is 0 Å². The van der Waals surface area contributed by atoms with Crippen LogP contribution in [0.2, 0.25) is 0 Å². The molecule has 0 spiro atoms. The predicted octanol–water partition coefficient (Wildman–Crippen LogP) is 3.57. The van der Waals surface area contributed by atoms with Crippen LogP contribution in [0.15, 0.2) is 71.8 Å². The molecule has 0 aliphatic rings. The van der Waals surface area contributed by atoms with Gasteiger partial charge in [-0.15, -0.1) is 0 Å². The van der Waals surface area contributed by atoms with E-state index >= 15 is 0 Å². The molecule has 29 heavy (non-hydrogen) atoms. The summed E-state index contributed by atoms with van der Waals surface area (Å²) in [5.74, 6) is 0.620. The lowest BCUT2D eigenvalue weighted by Gasteiger charge is -2.11. The van der Waals surface area contributed by atoms with Gasteiger partial charge in [-0.05, 0) is 54.8 Å². The Hall–Kier alpha value is -3.03. The van der Waals surface area contributed by atoms with Crippen molar-refractivity contribution >= 4 is 21.2 Å². The van der Waals surface area contributed by atoms with Gasteiger partial charge in [-0.2, -0.15) is 0 Å². The Balaban J connectivity index is 1.65. The summed E-state index contributed by atoms with van der Waals surface area (Å²) in [5.41, 5.74) is 4.56. The molecule has 0 radical (unpaired) electrons. The van der Waals surface area contributed by atoms with Crippen LogP contribution in [0.4, 0.5) is 0 Å². The highest BCUT2D eigenvalue weighted by molar-refractivity contribution is 7.89. The summed E-state index contributed by atoms with van der Waals surface area (Å²) in [6, 6.07) is 18.8. The molecule has 0 unspecified atom stereocenters. The van der Waals surface area contributed by atoms with Crippen LogP contribution in [0.25, 0.3) is 11.2 Å². The second-order valence-electron chi connectivity index (χ2n) is 7.02. The number of fused-ring (bicyclic) bond motifs is 1. The monoisotopic (exact) mass is 406 g/mol. The maximum Gasteiger partial charge on any atom is 0.240 e. The number of hydrogen-bond acceptors (Lipinski definition) is 4. The Labute approximate surface area is 170 Å². The highest BCUT2D eigenvalue weighted by Crippen LogP contribution is 2.18. The van der Waals surface area contributed by atoms with Gasteiger partial charge in [0.05, 0.1) is 18.0 Å². The average molecular weight is 407 g/mol. The Kier molecular flexibility index (Phi) is 5.17. The van der Waals surface area contributed by atoms with Crippen molar-refractivity contribution < 1.29 is 8.42 Å². The van der Waals surface area contributed by atoms with Crippen molar-refractivity contribution in [2.45, 2.75) is 31.8 Å². The summed E-state index contributed by atoms with van der Waals surface area (Å²) in [6.45, 7) is 4.50. The zero-order chi connectivity index (χ0) is 20.4. The molecule has 0 aliphatic heterocycles. The summed E-state index contributed by atoms with van der Waals surface area (Å²) in [4.78, 5) is 9.31. The molecule has 0 aliphatic carbocycles. The van der Waals surface area contributed by atoms with E-state index in [1.807, 2.05) is 66.9 Å². The van der Waals surface area contributed by atoms with Gasteiger partial charge in [0.25, 0.3) is 0 Å². The second-order valence-corrected chi connectivity index (χ2v) is 8.78. The van der Waals surface area contributed by atoms with Gasteiger partial charge < -0.3 is 4.57 Å². The van der Waals surface area contributed by atoms with Crippen LogP contribution in [0, 0.1) is 13.8 Å². The molecule has 7 heteroatoms. The van der Waals surface area contributed by atoms with Crippen LogP contribution in [-0.2, 0) is 23.1 Å². The number of sulfonamides is 1. The molecule has 2 aromatic heterocycles. The van der Waals surface area contributed by atoms with Crippen LogP contribution in [0.3, 0.4) is 0 Å². The van der Waals surface area contributed by atoms with Crippen molar-refractivity contribution in [3.8, 4) is 0 Å². The zero-order valence-electron chi connectivity index (χ0n) is 16.3. The van der Waals surface area contributed by atoms with Gasteiger partial charge in [-0.25, -0.2) is 23.1 Å². The molecule has 6 nitrogen and oxygen atoms in total. The summed E-state index contributed by atoms with van der Waals surface area (Å²) in [7, 11) is -3.65. The quantitative estimate of drug-likeness (QED) is 0.531. The maximum absolute atomic E-state index is 12.8. The fraction of sp³-hybridized carbons (Fsp3) is 0.182. The number of imidazole rings is 1. The molecule has 4 aromatic rings. The van der Waals surface area contributed by atoms with Crippen molar-refractivity contribution in [1.29, 1.82) is 0 Å². The van der Waals surface area contributed by atoms with Gasteiger partial charge in [-0.3, -0.25) is 0 Å². The summed E-state index contributed by atoms with van der Waals surface area (Å²) in [5, 5.41) is 0. The smallest absolute Gasteiger partial charge is 0.240 e. The molecular weight excluding hydrogens is 384 g/mol. The molecule has 148 valence electrons. The number of benzene rings is 2. The minimum absolute atomic E-state index is 0.0818. The molecular formula is C22H22N4O2S. The minimum atomic E-state index is -3.65. The molecule has 0 amide bonds. The summed E-state index contributed by atoms with van der Waals surface area (Å²) in [6.07, 6.45) is 1.72. The predicted molar refractivity (Wildman–Crippen MR) is 113 cm³/mol. The Morgan fingerprint density at radius 1 is 0.966 bits per heavy atom. The third-order valence-corrected chi connectivity index (χ3v) is 6.37. The third kappa shape index (κ3) is 4.06. The molecule has 2 aromatic carbocycles. The first-order chi connectivity index (χ1) is 13.9. The number of nitrogens with one attached hydrogen (secondary N) is 1. The second kappa shape index (κ2) is 7.77. The number of aromatic nitrogens is 3. The highest BCUT2D eigenvalue weighted by atomic mass is 32.2. The number of nitrogens with zero attached hydrogens (tertiary/aromatic N) is 3. The molecule has 1 N–H and O–H groups in total. The molecule has 2 heterocycles. The molecule has 0 atom stereocenters. The zero-order valence-corrected chi connectivity index (χ0v) is 17.1. The maximum atomic E-state index is 12.8.